The van der Waals surface area contributed by atoms with Gasteiger partial charge in [-0.05, 0) is 37.1 Å². The molecule has 4 saturated heterocycles. The van der Waals surface area contributed by atoms with Crippen molar-refractivity contribution in [2.45, 2.75) is 76.3 Å². The van der Waals surface area contributed by atoms with Gasteiger partial charge in [0.25, 0.3) is 11.6 Å². The highest BCUT2D eigenvalue weighted by Crippen LogP contribution is 2.24. The maximum absolute atomic E-state index is 5.65. The van der Waals surface area contributed by atoms with E-state index < -0.39 is 0 Å². The van der Waals surface area contributed by atoms with Crippen molar-refractivity contribution in [3.63, 3.8) is 0 Å². The molecular weight excluding hydrogens is 480 g/mol. The van der Waals surface area contributed by atoms with Crippen LogP contribution in [0.4, 0.5) is 0 Å². The van der Waals surface area contributed by atoms with E-state index in [2.05, 4.69) is 66.8 Å². The molecule has 4 fully saturated rings. The Morgan fingerprint density at radius 3 is 1.37 bits per heavy atom. The summed E-state index contributed by atoms with van der Waals surface area (Å²) in [6.45, 7) is 7.23. The highest BCUT2D eigenvalue weighted by Gasteiger charge is 2.36. The van der Waals surface area contributed by atoms with Crippen molar-refractivity contribution < 1.29 is 28.1 Å². The molecule has 0 radical (unpaired) electrons. The Morgan fingerprint density at radius 1 is 0.579 bits per heavy atom. The molecule has 2 aromatic carbocycles. The number of rotatable bonds is 13. The summed E-state index contributed by atoms with van der Waals surface area (Å²) in [5.41, 5.74) is 5.24. The van der Waals surface area contributed by atoms with Gasteiger partial charge < -0.3 is 18.9 Å². The number of nitrogens with zero attached hydrogens (tertiary/aromatic N) is 4. The Labute approximate surface area is 222 Å². The van der Waals surface area contributed by atoms with Crippen LogP contribution in [0.25, 0.3) is 22.1 Å². The molecule has 0 unspecified atom stereocenters. The number of imidazole rings is 2. The molecule has 8 nitrogen and oxygen atoms in total. The van der Waals surface area contributed by atoms with Gasteiger partial charge in [0.2, 0.25) is 0 Å². The van der Waals surface area contributed by atoms with Crippen LogP contribution < -0.4 is 9.13 Å². The summed E-state index contributed by atoms with van der Waals surface area (Å²) < 4.78 is 32.7. The van der Waals surface area contributed by atoms with Crippen molar-refractivity contribution in [1.82, 2.24) is 9.13 Å². The number of para-hydroxylation sites is 4. The van der Waals surface area contributed by atoms with Crippen molar-refractivity contribution in [2.75, 3.05) is 26.4 Å². The van der Waals surface area contributed by atoms with Crippen LogP contribution in [-0.4, -0.2) is 60.0 Å². The van der Waals surface area contributed by atoms with E-state index in [9.17, 15) is 0 Å². The average Bonchev–Trinajstić information content (AvgIpc) is 3.75. The second-order valence-electron chi connectivity index (χ2n) is 11.3. The third kappa shape index (κ3) is 4.64. The van der Waals surface area contributed by atoms with Gasteiger partial charge in [0, 0.05) is 12.8 Å². The van der Waals surface area contributed by atoms with E-state index in [1.807, 2.05) is 0 Å². The molecule has 0 bridgehead atoms. The molecule has 4 aliphatic rings. The van der Waals surface area contributed by atoms with E-state index in [0.717, 1.165) is 78.3 Å². The fraction of sp³-hybridized carbons (Fsp3) is 0.533. The summed E-state index contributed by atoms with van der Waals surface area (Å²) in [4.78, 5) is 0. The monoisotopic (exact) mass is 516 g/mol. The first-order valence-corrected chi connectivity index (χ1v) is 14.3. The van der Waals surface area contributed by atoms with Gasteiger partial charge in [-0.15, -0.1) is 0 Å². The second-order valence-corrected chi connectivity index (χ2v) is 11.3. The van der Waals surface area contributed by atoms with Crippen LogP contribution in [0.1, 0.15) is 24.5 Å². The van der Waals surface area contributed by atoms with E-state index >= 15 is 0 Å². The molecule has 0 aliphatic carbocycles. The van der Waals surface area contributed by atoms with Gasteiger partial charge >= 0.3 is 0 Å². The topological polar surface area (TPSA) is 67.7 Å². The van der Waals surface area contributed by atoms with Crippen LogP contribution >= 0.6 is 0 Å². The molecule has 8 heteroatoms. The van der Waals surface area contributed by atoms with E-state index in [4.69, 9.17) is 18.9 Å². The Kier molecular flexibility index (Phi) is 5.75. The molecule has 4 aromatic rings. The molecule has 0 saturated carbocycles. The Bertz CT molecular complexity index is 1260. The average molecular weight is 517 g/mol. The maximum atomic E-state index is 5.65. The van der Waals surface area contributed by atoms with Crippen molar-refractivity contribution in [3.05, 3.63) is 60.2 Å². The van der Waals surface area contributed by atoms with Crippen LogP contribution in [0.5, 0.6) is 0 Å². The summed E-state index contributed by atoms with van der Waals surface area (Å²) in [5, 5.41) is 0. The number of hydrogen-bond acceptors (Lipinski definition) is 4. The first-order valence-electron chi connectivity index (χ1n) is 14.3. The Hall–Kier alpha value is -2.78. The molecule has 0 N–H and O–H groups in total. The van der Waals surface area contributed by atoms with Crippen molar-refractivity contribution in [1.29, 1.82) is 0 Å². The Morgan fingerprint density at radius 2 is 0.974 bits per heavy atom. The predicted octanol–water partition coefficient (Wildman–Crippen LogP) is 2.33. The van der Waals surface area contributed by atoms with Gasteiger partial charge in [-0.1, -0.05) is 24.3 Å². The highest BCUT2D eigenvalue weighted by atomic mass is 16.6. The fourth-order valence-corrected chi connectivity index (χ4v) is 6.12. The number of unbranched alkanes of at least 4 members (excludes halogenated alkanes) is 1. The lowest BCUT2D eigenvalue weighted by Gasteiger charge is -2.06. The SMILES string of the molecule is c1ccc2c(c1)n(C[C@@H]1CO1)c(CCCCc1n(C[C@@H]3CO3)c3ccccc3[n+]1C[C@@H]1CO1)[n+]2C[C@H]1CO1. The third-order valence-corrected chi connectivity index (χ3v) is 8.38. The van der Waals surface area contributed by atoms with Crippen LogP contribution in [0.3, 0.4) is 0 Å². The molecule has 198 valence electrons. The van der Waals surface area contributed by atoms with Gasteiger partial charge in [-0.3, -0.25) is 0 Å². The first-order chi connectivity index (χ1) is 18.8. The zero-order valence-corrected chi connectivity index (χ0v) is 21.8. The minimum atomic E-state index is 0.346. The standard InChI is InChI=1S/C30H36N4O4/c1-2-8-26-25(7-1)31(13-21-17-35-21)29(32(26)14-22-18-36-22)11-5-6-12-30-33(15-23-19-37-23)27-9-3-4-10-28(27)34(30)16-24-20-38-24/h1-4,7-10,21-24H,5-6,11-20H2/q+2/t21-,22-,23-,24+/m1/s1. The van der Waals surface area contributed by atoms with Crippen LogP contribution in [0, 0.1) is 0 Å². The summed E-state index contributed by atoms with van der Waals surface area (Å²) in [7, 11) is 0. The summed E-state index contributed by atoms with van der Waals surface area (Å²) >= 11 is 0. The van der Waals surface area contributed by atoms with Crippen LogP contribution in [0.15, 0.2) is 48.5 Å². The highest BCUT2D eigenvalue weighted by molar-refractivity contribution is 5.73. The molecule has 8 rings (SSSR count). The summed E-state index contributed by atoms with van der Waals surface area (Å²) in [5.74, 6) is 2.81. The van der Waals surface area contributed by atoms with Crippen LogP contribution in [-0.2, 0) is 58.0 Å². The van der Waals surface area contributed by atoms with Crippen molar-refractivity contribution >= 4 is 22.1 Å². The number of fused-ring (bicyclic) bond motifs is 2. The second kappa shape index (κ2) is 9.45. The van der Waals surface area contributed by atoms with Crippen molar-refractivity contribution in [3.8, 4) is 0 Å². The lowest BCUT2D eigenvalue weighted by Crippen LogP contribution is -2.41. The molecule has 0 spiro atoms. The summed E-state index contributed by atoms with van der Waals surface area (Å²) in [6.07, 6.45) is 5.75. The predicted molar refractivity (Wildman–Crippen MR) is 140 cm³/mol. The lowest BCUT2D eigenvalue weighted by molar-refractivity contribution is -0.681. The molecule has 0 amide bonds. The lowest BCUT2D eigenvalue weighted by atomic mass is 10.1. The smallest absolute Gasteiger partial charge is 0.257 e. The van der Waals surface area contributed by atoms with Crippen LogP contribution in [0.2, 0.25) is 0 Å². The van der Waals surface area contributed by atoms with E-state index in [-0.39, 0.29) is 0 Å². The van der Waals surface area contributed by atoms with E-state index in [1.54, 1.807) is 0 Å². The number of hydrogen-bond donors (Lipinski definition) is 0. The fourth-order valence-electron chi connectivity index (χ4n) is 6.12. The zero-order valence-electron chi connectivity index (χ0n) is 21.8. The van der Waals surface area contributed by atoms with Gasteiger partial charge in [0.15, 0.2) is 22.1 Å². The number of ether oxygens (including phenoxy) is 4. The number of epoxide rings is 4. The zero-order chi connectivity index (χ0) is 25.1. The van der Waals surface area contributed by atoms with Gasteiger partial charge in [-0.25, -0.2) is 18.3 Å². The summed E-state index contributed by atoms with van der Waals surface area (Å²) in [6, 6.07) is 17.6. The molecular formula is C30H36N4O4+2. The van der Waals surface area contributed by atoms with Gasteiger partial charge in [0.1, 0.15) is 50.6 Å². The van der Waals surface area contributed by atoms with Gasteiger partial charge in [-0.2, -0.15) is 0 Å². The molecule has 38 heavy (non-hydrogen) atoms. The Balaban J connectivity index is 1.07. The van der Waals surface area contributed by atoms with E-state index in [0.29, 0.717) is 24.4 Å². The third-order valence-electron chi connectivity index (χ3n) is 8.38. The van der Waals surface area contributed by atoms with Gasteiger partial charge in [0.05, 0.1) is 26.4 Å². The number of aromatic nitrogens is 4. The first kappa shape index (κ1) is 23.1. The van der Waals surface area contributed by atoms with Crippen molar-refractivity contribution in [2.24, 2.45) is 0 Å². The quantitative estimate of drug-likeness (QED) is 0.155. The normalized spacial score (nSPS) is 25.4. The van der Waals surface area contributed by atoms with E-state index in [1.165, 1.54) is 33.7 Å². The maximum Gasteiger partial charge on any atom is 0.257 e. The molecule has 4 aliphatic heterocycles. The number of benzene rings is 2. The minimum Gasteiger partial charge on any atom is -0.369 e. The molecule has 4 atom stereocenters. The largest absolute Gasteiger partial charge is 0.369 e. The molecule has 2 aromatic heterocycles. The molecule has 6 heterocycles. The minimum absolute atomic E-state index is 0.346.